The van der Waals surface area contributed by atoms with Crippen LogP contribution in [0.2, 0.25) is 0 Å². The van der Waals surface area contributed by atoms with Crippen molar-refractivity contribution in [1.82, 2.24) is 9.80 Å². The lowest BCUT2D eigenvalue weighted by atomic mass is 9.88. The molecular weight excluding hydrogens is 224 g/mol. The van der Waals surface area contributed by atoms with Crippen LogP contribution in [0.4, 0.5) is 0 Å². The van der Waals surface area contributed by atoms with E-state index in [0.29, 0.717) is 11.8 Å². The van der Waals surface area contributed by atoms with E-state index in [2.05, 4.69) is 16.4 Å². The Hall–Kier alpha value is -0.830. The molecule has 18 heavy (non-hydrogen) atoms. The van der Waals surface area contributed by atoms with Gasteiger partial charge in [0.25, 0.3) is 0 Å². The second-order valence-corrected chi connectivity index (χ2v) is 5.60. The minimum absolute atomic E-state index is 0.324. The smallest absolute Gasteiger partial charge is 0.225 e. The van der Waals surface area contributed by atoms with E-state index in [0.717, 1.165) is 52.0 Å². The zero-order valence-electron chi connectivity index (χ0n) is 11.4. The average Bonchev–Trinajstić information content (AvgIpc) is 2.65. The lowest BCUT2D eigenvalue weighted by Gasteiger charge is -2.28. The maximum absolute atomic E-state index is 12.5. The van der Waals surface area contributed by atoms with Crippen LogP contribution in [-0.4, -0.2) is 48.4 Å². The van der Waals surface area contributed by atoms with Crippen molar-refractivity contribution >= 4 is 5.91 Å². The molecule has 1 aliphatic carbocycles. The zero-order chi connectivity index (χ0) is 12.8. The summed E-state index contributed by atoms with van der Waals surface area (Å²) in [7, 11) is 0. The maximum Gasteiger partial charge on any atom is 0.225 e. The molecule has 102 valence electrons. The third kappa shape index (κ3) is 3.58. The summed E-state index contributed by atoms with van der Waals surface area (Å²) in [6, 6.07) is 0. The zero-order valence-corrected chi connectivity index (χ0v) is 11.4. The second kappa shape index (κ2) is 6.93. The van der Waals surface area contributed by atoms with Crippen molar-refractivity contribution in [1.29, 1.82) is 0 Å². The quantitative estimate of drug-likeness (QED) is 0.718. The van der Waals surface area contributed by atoms with E-state index in [1.165, 1.54) is 19.3 Å². The van der Waals surface area contributed by atoms with Gasteiger partial charge >= 0.3 is 0 Å². The molecule has 0 aromatic carbocycles. The van der Waals surface area contributed by atoms with Gasteiger partial charge in [-0.05, 0) is 19.3 Å². The molecule has 0 atom stereocenters. The van der Waals surface area contributed by atoms with E-state index < -0.39 is 0 Å². The summed E-state index contributed by atoms with van der Waals surface area (Å²) < 4.78 is 0. The Kier molecular flexibility index (Phi) is 5.24. The number of rotatable bonds is 3. The first-order chi connectivity index (χ1) is 8.81. The second-order valence-electron chi connectivity index (χ2n) is 5.60. The summed E-state index contributed by atoms with van der Waals surface area (Å²) in [4.78, 5) is 17.0. The predicted molar refractivity (Wildman–Crippen MR) is 74.4 cm³/mol. The molecule has 1 amide bonds. The van der Waals surface area contributed by atoms with E-state index in [9.17, 15) is 4.79 Å². The fourth-order valence-corrected chi connectivity index (χ4v) is 3.16. The highest BCUT2D eigenvalue weighted by Gasteiger charge is 2.26. The van der Waals surface area contributed by atoms with Gasteiger partial charge in [0.2, 0.25) is 5.91 Å². The SMILES string of the molecule is C=CCN1CCCN(C(=O)C2CCCCC2)CC1. The van der Waals surface area contributed by atoms with Crippen LogP contribution >= 0.6 is 0 Å². The normalized spacial score (nSPS) is 23.7. The molecule has 1 saturated heterocycles. The maximum atomic E-state index is 12.5. The van der Waals surface area contributed by atoms with E-state index in [1.807, 2.05) is 6.08 Å². The summed E-state index contributed by atoms with van der Waals surface area (Å²) >= 11 is 0. The number of carbonyl (C=O) groups is 1. The van der Waals surface area contributed by atoms with Crippen molar-refractivity contribution < 1.29 is 4.79 Å². The lowest BCUT2D eigenvalue weighted by molar-refractivity contribution is -0.136. The fraction of sp³-hybridized carbons (Fsp3) is 0.800. The molecule has 0 unspecified atom stereocenters. The Balaban J connectivity index is 1.84. The van der Waals surface area contributed by atoms with Gasteiger partial charge in [0.05, 0.1) is 0 Å². The Morgan fingerprint density at radius 3 is 2.56 bits per heavy atom. The molecule has 0 aromatic heterocycles. The van der Waals surface area contributed by atoms with Gasteiger partial charge in [-0.25, -0.2) is 0 Å². The molecule has 2 rings (SSSR count). The van der Waals surface area contributed by atoms with E-state index in [-0.39, 0.29) is 0 Å². The van der Waals surface area contributed by atoms with Crippen LogP contribution in [0, 0.1) is 5.92 Å². The number of amides is 1. The lowest BCUT2D eigenvalue weighted by Crippen LogP contribution is -2.39. The topological polar surface area (TPSA) is 23.6 Å². The van der Waals surface area contributed by atoms with Gasteiger partial charge in [-0.1, -0.05) is 25.3 Å². The van der Waals surface area contributed by atoms with Crippen LogP contribution in [0.3, 0.4) is 0 Å². The van der Waals surface area contributed by atoms with E-state index in [4.69, 9.17) is 0 Å². The van der Waals surface area contributed by atoms with Gasteiger partial charge in [-0.2, -0.15) is 0 Å². The van der Waals surface area contributed by atoms with Crippen LogP contribution in [0.15, 0.2) is 12.7 Å². The minimum Gasteiger partial charge on any atom is -0.341 e. The van der Waals surface area contributed by atoms with Crippen LogP contribution in [0.25, 0.3) is 0 Å². The van der Waals surface area contributed by atoms with Crippen LogP contribution in [0.5, 0.6) is 0 Å². The van der Waals surface area contributed by atoms with Gasteiger partial charge in [0.15, 0.2) is 0 Å². The molecule has 1 heterocycles. The minimum atomic E-state index is 0.324. The summed E-state index contributed by atoms with van der Waals surface area (Å²) in [6.45, 7) is 8.70. The van der Waals surface area contributed by atoms with E-state index in [1.54, 1.807) is 0 Å². The van der Waals surface area contributed by atoms with Gasteiger partial charge in [0.1, 0.15) is 0 Å². The molecule has 0 spiro atoms. The third-order valence-electron chi connectivity index (χ3n) is 4.24. The highest BCUT2D eigenvalue weighted by molar-refractivity contribution is 5.79. The van der Waals surface area contributed by atoms with Crippen molar-refractivity contribution in [2.24, 2.45) is 5.92 Å². The molecule has 3 nitrogen and oxygen atoms in total. The van der Waals surface area contributed by atoms with Gasteiger partial charge in [-0.3, -0.25) is 9.69 Å². The first kappa shape index (κ1) is 13.6. The highest BCUT2D eigenvalue weighted by atomic mass is 16.2. The van der Waals surface area contributed by atoms with Crippen molar-refractivity contribution in [2.75, 3.05) is 32.7 Å². The standard InChI is InChI=1S/C15H26N2O/c1-2-9-16-10-6-11-17(13-12-16)15(18)14-7-4-3-5-8-14/h2,14H,1,3-13H2. The average molecular weight is 250 g/mol. The summed E-state index contributed by atoms with van der Waals surface area (Å²) in [5.41, 5.74) is 0. The molecule has 0 bridgehead atoms. The molecule has 0 N–H and O–H groups in total. The summed E-state index contributed by atoms with van der Waals surface area (Å²) in [5.74, 6) is 0.750. The molecule has 3 heteroatoms. The Morgan fingerprint density at radius 1 is 1.06 bits per heavy atom. The van der Waals surface area contributed by atoms with E-state index >= 15 is 0 Å². The Labute approximate surface area is 111 Å². The Bertz CT molecular complexity index is 284. The first-order valence-corrected chi connectivity index (χ1v) is 7.43. The molecule has 0 aromatic rings. The van der Waals surface area contributed by atoms with Crippen LogP contribution in [0.1, 0.15) is 38.5 Å². The number of hydrogen-bond acceptors (Lipinski definition) is 2. The molecule has 2 aliphatic rings. The summed E-state index contributed by atoms with van der Waals surface area (Å²) in [6.07, 6.45) is 9.10. The summed E-state index contributed by atoms with van der Waals surface area (Å²) in [5, 5.41) is 0. The molecular formula is C15H26N2O. The largest absolute Gasteiger partial charge is 0.341 e. The van der Waals surface area contributed by atoms with Gasteiger partial charge in [-0.15, -0.1) is 6.58 Å². The monoisotopic (exact) mass is 250 g/mol. The Morgan fingerprint density at radius 2 is 1.83 bits per heavy atom. The van der Waals surface area contributed by atoms with Crippen molar-refractivity contribution in [2.45, 2.75) is 38.5 Å². The number of nitrogens with zero attached hydrogens (tertiary/aromatic N) is 2. The third-order valence-corrected chi connectivity index (χ3v) is 4.24. The highest BCUT2D eigenvalue weighted by Crippen LogP contribution is 2.25. The van der Waals surface area contributed by atoms with Gasteiger partial charge in [0, 0.05) is 38.6 Å². The van der Waals surface area contributed by atoms with Crippen LogP contribution < -0.4 is 0 Å². The van der Waals surface area contributed by atoms with Crippen molar-refractivity contribution in [3.8, 4) is 0 Å². The molecule has 1 aliphatic heterocycles. The van der Waals surface area contributed by atoms with Gasteiger partial charge < -0.3 is 4.90 Å². The number of hydrogen-bond donors (Lipinski definition) is 0. The predicted octanol–water partition coefficient (Wildman–Crippen LogP) is 2.29. The number of carbonyl (C=O) groups excluding carboxylic acids is 1. The fourth-order valence-electron chi connectivity index (χ4n) is 3.16. The molecule has 1 saturated carbocycles. The molecule has 2 fully saturated rings. The van der Waals surface area contributed by atoms with Crippen molar-refractivity contribution in [3.63, 3.8) is 0 Å². The van der Waals surface area contributed by atoms with Crippen LogP contribution in [-0.2, 0) is 4.79 Å². The molecule has 0 radical (unpaired) electrons. The van der Waals surface area contributed by atoms with Crippen molar-refractivity contribution in [3.05, 3.63) is 12.7 Å². The first-order valence-electron chi connectivity index (χ1n) is 7.43.